The van der Waals surface area contributed by atoms with Gasteiger partial charge >= 0.3 is 0 Å². The van der Waals surface area contributed by atoms with Crippen LogP contribution in [0, 0.1) is 0 Å². The molecule has 4 nitrogen and oxygen atoms in total. The fourth-order valence-electron chi connectivity index (χ4n) is 2.65. The number of ether oxygens (including phenoxy) is 2. The summed E-state index contributed by atoms with van der Waals surface area (Å²) in [6.45, 7) is 6.36. The van der Waals surface area contributed by atoms with Crippen LogP contribution in [0.3, 0.4) is 0 Å². The van der Waals surface area contributed by atoms with Crippen molar-refractivity contribution in [3.8, 4) is 11.5 Å². The smallest absolute Gasteiger partial charge is 0.161 e. The van der Waals surface area contributed by atoms with E-state index in [1.807, 2.05) is 12.1 Å². The van der Waals surface area contributed by atoms with Crippen LogP contribution < -0.4 is 15.2 Å². The summed E-state index contributed by atoms with van der Waals surface area (Å²) in [6, 6.07) is 6.32. The van der Waals surface area contributed by atoms with Crippen LogP contribution in [-0.4, -0.2) is 37.2 Å². The Bertz CT molecular complexity index is 446. The molecule has 2 N–H and O–H groups in total. The maximum Gasteiger partial charge on any atom is 0.161 e. The van der Waals surface area contributed by atoms with Crippen LogP contribution in [0.1, 0.15) is 25.8 Å². The molecule has 0 spiro atoms. The molecule has 0 radical (unpaired) electrons. The van der Waals surface area contributed by atoms with Crippen molar-refractivity contribution in [1.29, 1.82) is 0 Å². The van der Waals surface area contributed by atoms with Crippen molar-refractivity contribution in [2.24, 2.45) is 5.73 Å². The predicted molar refractivity (Wildman–Crippen MR) is 76.6 cm³/mol. The quantitative estimate of drug-likeness (QED) is 0.904. The first kappa shape index (κ1) is 14.2. The SMILES string of the molecule is COc1ccc(CN2CCC(N)C2(C)C)cc1OC. The Morgan fingerprint density at radius 2 is 1.95 bits per heavy atom. The van der Waals surface area contributed by atoms with Crippen LogP contribution in [0.5, 0.6) is 11.5 Å². The molecule has 1 aromatic rings. The lowest BCUT2D eigenvalue weighted by molar-refractivity contribution is 0.154. The number of benzene rings is 1. The summed E-state index contributed by atoms with van der Waals surface area (Å²) in [5.74, 6) is 1.55. The Kier molecular flexibility index (Phi) is 4.02. The Morgan fingerprint density at radius 1 is 1.26 bits per heavy atom. The second-order valence-corrected chi connectivity index (χ2v) is 5.66. The molecule has 1 aliphatic heterocycles. The molecule has 0 amide bonds. The topological polar surface area (TPSA) is 47.7 Å². The van der Waals surface area contributed by atoms with Gasteiger partial charge in [0.1, 0.15) is 0 Å². The maximum absolute atomic E-state index is 6.17. The van der Waals surface area contributed by atoms with Crippen molar-refractivity contribution >= 4 is 0 Å². The lowest BCUT2D eigenvalue weighted by Gasteiger charge is -2.34. The minimum atomic E-state index is 0.0488. The van der Waals surface area contributed by atoms with Crippen molar-refractivity contribution in [2.45, 2.75) is 38.4 Å². The van der Waals surface area contributed by atoms with Gasteiger partial charge in [0.15, 0.2) is 11.5 Å². The lowest BCUT2D eigenvalue weighted by atomic mass is 9.96. The zero-order chi connectivity index (χ0) is 14.0. The zero-order valence-corrected chi connectivity index (χ0v) is 12.3. The fraction of sp³-hybridized carbons (Fsp3) is 0.600. The largest absolute Gasteiger partial charge is 0.493 e. The monoisotopic (exact) mass is 264 g/mol. The standard InChI is InChI=1S/C15H24N2O2/c1-15(2)14(16)7-8-17(15)10-11-5-6-12(18-3)13(9-11)19-4/h5-6,9,14H,7-8,10,16H2,1-4H3. The second kappa shape index (κ2) is 5.39. The molecule has 19 heavy (non-hydrogen) atoms. The van der Waals surface area contributed by atoms with Gasteiger partial charge in [-0.1, -0.05) is 6.07 Å². The normalized spacial score (nSPS) is 22.5. The average molecular weight is 264 g/mol. The molecule has 2 rings (SSSR count). The van der Waals surface area contributed by atoms with Gasteiger partial charge < -0.3 is 15.2 Å². The van der Waals surface area contributed by atoms with Crippen molar-refractivity contribution in [3.05, 3.63) is 23.8 Å². The summed E-state index contributed by atoms with van der Waals surface area (Å²) in [5.41, 5.74) is 7.44. The Labute approximate surface area is 115 Å². The molecule has 0 aromatic heterocycles. The van der Waals surface area contributed by atoms with Crippen molar-refractivity contribution in [2.75, 3.05) is 20.8 Å². The van der Waals surface area contributed by atoms with Crippen molar-refractivity contribution < 1.29 is 9.47 Å². The van der Waals surface area contributed by atoms with Crippen LogP contribution in [0.25, 0.3) is 0 Å². The summed E-state index contributed by atoms with van der Waals surface area (Å²) >= 11 is 0. The molecule has 1 aliphatic rings. The molecule has 0 bridgehead atoms. The molecule has 1 saturated heterocycles. The summed E-state index contributed by atoms with van der Waals surface area (Å²) in [6.07, 6.45) is 1.06. The molecular formula is C15H24N2O2. The highest BCUT2D eigenvalue weighted by atomic mass is 16.5. The van der Waals surface area contributed by atoms with Gasteiger partial charge in [-0.05, 0) is 38.0 Å². The predicted octanol–water partition coefficient (Wildman–Crippen LogP) is 2.02. The number of methoxy groups -OCH3 is 2. The third-order valence-electron chi connectivity index (χ3n) is 4.25. The van der Waals surface area contributed by atoms with E-state index in [0.717, 1.165) is 31.0 Å². The highest BCUT2D eigenvalue weighted by Gasteiger charge is 2.38. The molecule has 0 saturated carbocycles. The lowest BCUT2D eigenvalue weighted by Crippen LogP contribution is -2.48. The summed E-state index contributed by atoms with van der Waals surface area (Å²) in [4.78, 5) is 2.43. The van der Waals surface area contributed by atoms with E-state index in [1.165, 1.54) is 5.56 Å². The molecule has 4 heteroatoms. The molecule has 106 valence electrons. The van der Waals surface area contributed by atoms with E-state index >= 15 is 0 Å². The summed E-state index contributed by atoms with van der Waals surface area (Å²) in [5, 5.41) is 0. The molecular weight excluding hydrogens is 240 g/mol. The number of rotatable bonds is 4. The summed E-state index contributed by atoms with van der Waals surface area (Å²) < 4.78 is 10.6. The molecule has 1 aromatic carbocycles. The Hall–Kier alpha value is -1.26. The first-order valence-corrected chi connectivity index (χ1v) is 6.70. The van der Waals surface area contributed by atoms with E-state index in [-0.39, 0.29) is 11.6 Å². The van der Waals surface area contributed by atoms with Crippen LogP contribution in [0.2, 0.25) is 0 Å². The van der Waals surface area contributed by atoms with Gasteiger partial charge in [-0.25, -0.2) is 0 Å². The highest BCUT2D eigenvalue weighted by molar-refractivity contribution is 5.42. The van der Waals surface area contributed by atoms with E-state index < -0.39 is 0 Å². The Morgan fingerprint density at radius 3 is 2.47 bits per heavy atom. The average Bonchev–Trinajstić information content (AvgIpc) is 2.65. The van der Waals surface area contributed by atoms with E-state index in [1.54, 1.807) is 14.2 Å². The summed E-state index contributed by atoms with van der Waals surface area (Å²) in [7, 11) is 3.32. The zero-order valence-electron chi connectivity index (χ0n) is 12.3. The second-order valence-electron chi connectivity index (χ2n) is 5.66. The molecule has 1 heterocycles. The van der Waals surface area contributed by atoms with Crippen molar-refractivity contribution in [1.82, 2.24) is 4.90 Å². The molecule has 1 unspecified atom stereocenters. The Balaban J connectivity index is 2.16. The van der Waals surface area contributed by atoms with Crippen LogP contribution in [-0.2, 0) is 6.54 Å². The maximum atomic E-state index is 6.17. The van der Waals surface area contributed by atoms with Crippen molar-refractivity contribution in [3.63, 3.8) is 0 Å². The van der Waals surface area contributed by atoms with Gasteiger partial charge in [0, 0.05) is 24.7 Å². The van der Waals surface area contributed by atoms with Crippen LogP contribution in [0.4, 0.5) is 0 Å². The molecule has 1 fully saturated rings. The van der Waals surface area contributed by atoms with Crippen LogP contribution >= 0.6 is 0 Å². The number of hydrogen-bond donors (Lipinski definition) is 1. The van der Waals surface area contributed by atoms with Crippen LogP contribution in [0.15, 0.2) is 18.2 Å². The van der Waals surface area contributed by atoms with Gasteiger partial charge in [-0.15, -0.1) is 0 Å². The van der Waals surface area contributed by atoms with Gasteiger partial charge in [0.25, 0.3) is 0 Å². The van der Waals surface area contributed by atoms with Gasteiger partial charge in [0.05, 0.1) is 14.2 Å². The minimum Gasteiger partial charge on any atom is -0.493 e. The van der Waals surface area contributed by atoms with Gasteiger partial charge in [-0.2, -0.15) is 0 Å². The first-order chi connectivity index (χ1) is 8.98. The molecule has 1 atom stereocenters. The van der Waals surface area contributed by atoms with Gasteiger partial charge in [0.2, 0.25) is 0 Å². The van der Waals surface area contributed by atoms with E-state index in [4.69, 9.17) is 15.2 Å². The van der Waals surface area contributed by atoms with E-state index in [9.17, 15) is 0 Å². The number of nitrogens with zero attached hydrogens (tertiary/aromatic N) is 1. The van der Waals surface area contributed by atoms with Gasteiger partial charge in [-0.3, -0.25) is 4.90 Å². The number of nitrogens with two attached hydrogens (primary N) is 1. The first-order valence-electron chi connectivity index (χ1n) is 6.70. The minimum absolute atomic E-state index is 0.0488. The third kappa shape index (κ3) is 2.69. The third-order valence-corrected chi connectivity index (χ3v) is 4.25. The van der Waals surface area contributed by atoms with E-state index in [2.05, 4.69) is 24.8 Å². The number of hydrogen-bond acceptors (Lipinski definition) is 4. The highest BCUT2D eigenvalue weighted by Crippen LogP contribution is 2.32. The number of likely N-dealkylation sites (tertiary alicyclic amines) is 1. The van der Waals surface area contributed by atoms with E-state index in [0.29, 0.717) is 0 Å². The fourth-order valence-corrected chi connectivity index (χ4v) is 2.65. The molecule has 0 aliphatic carbocycles.